The third kappa shape index (κ3) is 2.32. The summed E-state index contributed by atoms with van der Waals surface area (Å²) in [7, 11) is 1.53. The fourth-order valence-electron chi connectivity index (χ4n) is 2.36. The maximum absolute atomic E-state index is 11.3. The molecular formula is C15H20O4. The quantitative estimate of drug-likeness (QED) is 0.858. The van der Waals surface area contributed by atoms with Gasteiger partial charge in [0, 0.05) is 5.56 Å². The Labute approximate surface area is 113 Å². The molecule has 1 aromatic rings. The molecule has 1 aliphatic rings. The maximum atomic E-state index is 11.3. The topological polar surface area (TPSA) is 66.8 Å². The van der Waals surface area contributed by atoms with Crippen LogP contribution in [0.25, 0.3) is 0 Å². The van der Waals surface area contributed by atoms with Crippen molar-refractivity contribution < 1.29 is 19.7 Å². The second kappa shape index (κ2) is 4.85. The van der Waals surface area contributed by atoms with Gasteiger partial charge in [-0.15, -0.1) is 0 Å². The second-order valence-corrected chi connectivity index (χ2v) is 5.52. The molecule has 0 amide bonds. The van der Waals surface area contributed by atoms with Crippen LogP contribution in [-0.4, -0.2) is 23.3 Å². The Bertz CT molecular complexity index is 489. The van der Waals surface area contributed by atoms with Gasteiger partial charge in [0.25, 0.3) is 0 Å². The van der Waals surface area contributed by atoms with Crippen LogP contribution in [0.2, 0.25) is 0 Å². The Balaban J connectivity index is 2.42. The van der Waals surface area contributed by atoms with Crippen molar-refractivity contribution in [3.05, 3.63) is 29.3 Å². The van der Waals surface area contributed by atoms with Crippen molar-refractivity contribution in [1.82, 2.24) is 0 Å². The van der Waals surface area contributed by atoms with Crippen LogP contribution in [0.1, 0.15) is 49.8 Å². The number of methoxy groups -OCH3 is 1. The number of aliphatic hydroxyl groups excluding tert-OH is 1. The van der Waals surface area contributed by atoms with Gasteiger partial charge in [0.2, 0.25) is 0 Å². The molecular weight excluding hydrogens is 244 g/mol. The highest BCUT2D eigenvalue weighted by Gasteiger charge is 2.57. The number of benzene rings is 1. The van der Waals surface area contributed by atoms with Crippen molar-refractivity contribution in [2.24, 2.45) is 5.41 Å². The van der Waals surface area contributed by atoms with Crippen LogP contribution in [-0.2, 0) is 4.79 Å². The minimum atomic E-state index is -1.02. The van der Waals surface area contributed by atoms with Crippen LogP contribution < -0.4 is 4.74 Å². The third-order valence-electron chi connectivity index (χ3n) is 3.95. The first-order valence-corrected chi connectivity index (χ1v) is 6.51. The zero-order chi connectivity index (χ0) is 14.2. The van der Waals surface area contributed by atoms with E-state index < -0.39 is 17.5 Å². The Kier molecular flexibility index (Phi) is 3.54. The van der Waals surface area contributed by atoms with E-state index in [1.54, 1.807) is 6.07 Å². The van der Waals surface area contributed by atoms with Gasteiger partial charge in [0.05, 0.1) is 18.6 Å². The zero-order valence-corrected chi connectivity index (χ0v) is 11.5. The summed E-state index contributed by atoms with van der Waals surface area (Å²) in [4.78, 5) is 11.3. The van der Waals surface area contributed by atoms with Crippen molar-refractivity contribution >= 4 is 5.97 Å². The van der Waals surface area contributed by atoms with Crippen molar-refractivity contribution in [3.63, 3.8) is 0 Å². The second-order valence-electron chi connectivity index (χ2n) is 5.52. The molecule has 0 aromatic heterocycles. The molecule has 4 nitrogen and oxygen atoms in total. The number of hydrogen-bond acceptors (Lipinski definition) is 3. The van der Waals surface area contributed by atoms with Crippen LogP contribution in [0.4, 0.5) is 0 Å². The van der Waals surface area contributed by atoms with Gasteiger partial charge in [-0.25, -0.2) is 0 Å². The average Bonchev–Trinajstić information content (AvgIpc) is 3.18. The molecule has 4 heteroatoms. The van der Waals surface area contributed by atoms with E-state index in [1.165, 1.54) is 7.11 Å². The van der Waals surface area contributed by atoms with Crippen LogP contribution in [0, 0.1) is 5.41 Å². The number of carbonyl (C=O) groups is 1. The van der Waals surface area contributed by atoms with E-state index in [4.69, 9.17) is 4.74 Å². The van der Waals surface area contributed by atoms with E-state index in [1.807, 2.05) is 12.1 Å². The molecule has 0 heterocycles. The summed E-state index contributed by atoms with van der Waals surface area (Å²) in [6.07, 6.45) is 0.00978. The van der Waals surface area contributed by atoms with Crippen molar-refractivity contribution in [1.29, 1.82) is 0 Å². The van der Waals surface area contributed by atoms with E-state index >= 15 is 0 Å². The largest absolute Gasteiger partial charge is 0.496 e. The van der Waals surface area contributed by atoms with E-state index in [0.29, 0.717) is 30.1 Å². The first kappa shape index (κ1) is 13.9. The monoisotopic (exact) mass is 264 g/mol. The lowest BCUT2D eigenvalue weighted by atomic mass is 9.89. The predicted octanol–water partition coefficient (Wildman–Crippen LogP) is 2.72. The van der Waals surface area contributed by atoms with Crippen molar-refractivity contribution in [2.75, 3.05) is 7.11 Å². The Morgan fingerprint density at radius 3 is 2.42 bits per heavy atom. The smallest absolute Gasteiger partial charge is 0.312 e. The summed E-state index contributed by atoms with van der Waals surface area (Å²) in [6, 6.07) is 5.60. The molecule has 0 bridgehead atoms. The van der Waals surface area contributed by atoms with Gasteiger partial charge in [0.1, 0.15) is 5.75 Å². The van der Waals surface area contributed by atoms with E-state index in [2.05, 4.69) is 13.8 Å². The fraction of sp³-hybridized carbons (Fsp3) is 0.533. The van der Waals surface area contributed by atoms with Crippen LogP contribution in [0.5, 0.6) is 5.75 Å². The molecule has 0 radical (unpaired) electrons. The maximum Gasteiger partial charge on any atom is 0.312 e. The molecule has 1 aliphatic carbocycles. The Morgan fingerprint density at radius 2 is 2.00 bits per heavy atom. The van der Waals surface area contributed by atoms with Crippen LogP contribution in [0.3, 0.4) is 0 Å². The summed E-state index contributed by atoms with van der Waals surface area (Å²) in [6.45, 7) is 4.12. The Hall–Kier alpha value is -1.55. The number of carboxylic acid groups (broad SMARTS) is 1. The molecule has 2 rings (SSSR count). The average molecular weight is 264 g/mol. The zero-order valence-electron chi connectivity index (χ0n) is 11.5. The summed E-state index contributed by atoms with van der Waals surface area (Å²) in [5.74, 6) is -0.0711. The molecule has 1 aromatic carbocycles. The highest BCUT2D eigenvalue weighted by Crippen LogP contribution is 2.56. The lowest BCUT2D eigenvalue weighted by Gasteiger charge is -2.22. The standard InChI is InChI=1S/C15H20O4/c1-9(2)10-4-5-12(19-3)11(8-10)13(16)15(6-7-15)14(17)18/h4-5,8-9,13,16H,6-7H2,1-3H3,(H,17,18). The number of rotatable bonds is 5. The molecule has 104 valence electrons. The number of carboxylic acids is 1. The minimum Gasteiger partial charge on any atom is -0.496 e. The third-order valence-corrected chi connectivity index (χ3v) is 3.95. The van der Waals surface area contributed by atoms with Crippen molar-refractivity contribution in [3.8, 4) is 5.75 Å². The Morgan fingerprint density at radius 1 is 1.37 bits per heavy atom. The molecule has 1 fully saturated rings. The molecule has 2 N–H and O–H groups in total. The molecule has 1 atom stereocenters. The SMILES string of the molecule is COc1ccc(C(C)C)cc1C(O)C1(C(=O)O)CC1. The fourth-order valence-corrected chi connectivity index (χ4v) is 2.36. The van der Waals surface area contributed by atoms with Gasteiger partial charge in [-0.3, -0.25) is 4.79 Å². The van der Waals surface area contributed by atoms with Gasteiger partial charge >= 0.3 is 5.97 Å². The van der Waals surface area contributed by atoms with Gasteiger partial charge in [-0.2, -0.15) is 0 Å². The summed E-state index contributed by atoms with van der Waals surface area (Å²) >= 11 is 0. The lowest BCUT2D eigenvalue weighted by Crippen LogP contribution is -2.24. The highest BCUT2D eigenvalue weighted by atomic mass is 16.5. The first-order chi connectivity index (χ1) is 8.92. The summed E-state index contributed by atoms with van der Waals surface area (Å²) < 4.78 is 5.25. The number of hydrogen-bond donors (Lipinski definition) is 2. The molecule has 0 spiro atoms. The van der Waals surface area contributed by atoms with Crippen LogP contribution >= 0.6 is 0 Å². The van der Waals surface area contributed by atoms with Gasteiger partial charge in [-0.1, -0.05) is 19.9 Å². The molecule has 1 saturated carbocycles. The highest BCUT2D eigenvalue weighted by molar-refractivity contribution is 5.79. The van der Waals surface area contributed by atoms with Gasteiger partial charge in [-0.05, 0) is 36.5 Å². The van der Waals surface area contributed by atoms with Crippen molar-refractivity contribution in [2.45, 2.75) is 38.7 Å². The van der Waals surface area contributed by atoms with E-state index in [9.17, 15) is 15.0 Å². The number of aliphatic hydroxyl groups is 1. The molecule has 0 saturated heterocycles. The minimum absolute atomic E-state index is 0.317. The molecule has 1 unspecified atom stereocenters. The first-order valence-electron chi connectivity index (χ1n) is 6.51. The summed E-state index contributed by atoms with van der Waals surface area (Å²) in [5.41, 5.74) is 0.618. The van der Waals surface area contributed by atoms with E-state index in [0.717, 1.165) is 5.56 Å². The molecule has 0 aliphatic heterocycles. The normalized spacial score (nSPS) is 18.2. The van der Waals surface area contributed by atoms with Crippen LogP contribution in [0.15, 0.2) is 18.2 Å². The number of aliphatic carboxylic acids is 1. The summed E-state index contributed by atoms with van der Waals surface area (Å²) in [5, 5.41) is 19.7. The van der Waals surface area contributed by atoms with Gasteiger partial charge < -0.3 is 14.9 Å². The molecule has 19 heavy (non-hydrogen) atoms. The van der Waals surface area contributed by atoms with Gasteiger partial charge in [0.15, 0.2) is 0 Å². The van der Waals surface area contributed by atoms with E-state index in [-0.39, 0.29) is 0 Å². The lowest BCUT2D eigenvalue weighted by molar-refractivity contribution is -0.148. The predicted molar refractivity (Wildman–Crippen MR) is 71.3 cm³/mol. The number of ether oxygens (including phenoxy) is 1.